The van der Waals surface area contributed by atoms with Crippen LogP contribution in [0.1, 0.15) is 5.56 Å². The van der Waals surface area contributed by atoms with Crippen LogP contribution in [0.2, 0.25) is 5.02 Å². The van der Waals surface area contributed by atoms with Crippen molar-refractivity contribution in [1.82, 2.24) is 0 Å². The molecule has 0 amide bonds. The monoisotopic (exact) mass is 297 g/mol. The van der Waals surface area contributed by atoms with E-state index in [-0.39, 0.29) is 5.69 Å². The summed E-state index contributed by atoms with van der Waals surface area (Å²) in [5.74, 6) is 0. The van der Waals surface area contributed by atoms with E-state index < -0.39 is 4.92 Å². The van der Waals surface area contributed by atoms with Crippen LogP contribution in [0.15, 0.2) is 12.1 Å². The fourth-order valence-corrected chi connectivity index (χ4v) is 1.83. The Morgan fingerprint density at radius 2 is 2.17 bits per heavy atom. The number of nitro benzene ring substituents is 1. The molecule has 0 atom stereocenters. The summed E-state index contributed by atoms with van der Waals surface area (Å²) >= 11 is 7.75. The van der Waals surface area contributed by atoms with E-state index >= 15 is 0 Å². The topological polar surface area (TPSA) is 43.1 Å². The molecule has 0 heterocycles. The molecule has 0 bridgehead atoms. The van der Waals surface area contributed by atoms with Gasteiger partial charge in [0.25, 0.3) is 5.69 Å². The molecule has 0 unspecified atom stereocenters. The third-order valence-electron chi connectivity index (χ3n) is 1.48. The highest BCUT2D eigenvalue weighted by Gasteiger charge is 2.13. The number of nitrogens with zero attached hydrogens (tertiary/aromatic N) is 1. The molecule has 1 rings (SSSR count). The van der Waals surface area contributed by atoms with E-state index in [0.29, 0.717) is 10.6 Å². The quantitative estimate of drug-likeness (QED) is 0.454. The minimum absolute atomic E-state index is 0.0758. The lowest BCUT2D eigenvalue weighted by molar-refractivity contribution is -0.385. The van der Waals surface area contributed by atoms with Crippen molar-refractivity contribution < 1.29 is 4.92 Å². The molecule has 0 aliphatic heterocycles. The average Bonchev–Trinajstić information content (AvgIpc) is 1.96. The predicted octanol–water partition coefficient (Wildman–Crippen LogP) is 3.16. The Hall–Kier alpha value is -0.360. The van der Waals surface area contributed by atoms with Gasteiger partial charge >= 0.3 is 0 Å². The Kier molecular flexibility index (Phi) is 2.89. The molecule has 1 aromatic rings. The van der Waals surface area contributed by atoms with E-state index in [0.717, 1.165) is 3.57 Å². The van der Waals surface area contributed by atoms with Gasteiger partial charge in [0.2, 0.25) is 0 Å². The molecule has 0 N–H and O–H groups in total. The van der Waals surface area contributed by atoms with Crippen LogP contribution in [0.25, 0.3) is 0 Å². The summed E-state index contributed by atoms with van der Waals surface area (Å²) in [5, 5.41) is 10.9. The molecule has 0 saturated heterocycles. The lowest BCUT2D eigenvalue weighted by Gasteiger charge is -1.99. The van der Waals surface area contributed by atoms with Gasteiger partial charge in [0.15, 0.2) is 0 Å². The number of hydrogen-bond acceptors (Lipinski definition) is 2. The van der Waals surface area contributed by atoms with Gasteiger partial charge in [-0.25, -0.2) is 0 Å². The molecule has 5 heteroatoms. The van der Waals surface area contributed by atoms with Gasteiger partial charge in [-0.15, -0.1) is 0 Å². The summed E-state index contributed by atoms with van der Waals surface area (Å²) in [7, 11) is 0. The first-order valence-electron chi connectivity index (χ1n) is 3.12. The third kappa shape index (κ3) is 1.87. The molecular formula is C7H5ClINO2. The summed E-state index contributed by atoms with van der Waals surface area (Å²) in [5.41, 5.74) is 0.592. The van der Waals surface area contributed by atoms with Crippen molar-refractivity contribution in [3.05, 3.63) is 36.4 Å². The molecule has 0 aliphatic carbocycles. The second kappa shape index (κ2) is 3.57. The Morgan fingerprint density at radius 1 is 1.58 bits per heavy atom. The van der Waals surface area contributed by atoms with Gasteiger partial charge in [0.1, 0.15) is 0 Å². The van der Waals surface area contributed by atoms with Gasteiger partial charge < -0.3 is 0 Å². The summed E-state index contributed by atoms with van der Waals surface area (Å²) in [4.78, 5) is 10.0. The lowest BCUT2D eigenvalue weighted by atomic mass is 10.2. The van der Waals surface area contributed by atoms with Crippen molar-refractivity contribution >= 4 is 39.9 Å². The van der Waals surface area contributed by atoms with Gasteiger partial charge in [0, 0.05) is 15.2 Å². The van der Waals surface area contributed by atoms with Crippen molar-refractivity contribution in [2.75, 3.05) is 0 Å². The molecule has 12 heavy (non-hydrogen) atoms. The van der Waals surface area contributed by atoms with Crippen LogP contribution in [0.3, 0.4) is 0 Å². The maximum Gasteiger partial charge on any atom is 0.274 e. The van der Waals surface area contributed by atoms with Crippen LogP contribution in [-0.4, -0.2) is 4.92 Å². The van der Waals surface area contributed by atoms with Crippen LogP contribution in [0.5, 0.6) is 0 Å². The van der Waals surface area contributed by atoms with Crippen molar-refractivity contribution in [1.29, 1.82) is 0 Å². The fourth-order valence-electron chi connectivity index (χ4n) is 0.822. The Morgan fingerprint density at radius 3 is 2.67 bits per heavy atom. The van der Waals surface area contributed by atoms with Gasteiger partial charge in [-0.05, 0) is 35.6 Å². The minimum Gasteiger partial charge on any atom is -0.258 e. The summed E-state index contributed by atoms with van der Waals surface area (Å²) < 4.78 is 0.773. The zero-order valence-electron chi connectivity index (χ0n) is 6.17. The number of benzene rings is 1. The highest BCUT2D eigenvalue weighted by atomic mass is 127. The van der Waals surface area contributed by atoms with E-state index in [1.165, 1.54) is 6.07 Å². The van der Waals surface area contributed by atoms with E-state index in [4.69, 9.17) is 11.6 Å². The van der Waals surface area contributed by atoms with E-state index in [9.17, 15) is 10.1 Å². The molecule has 1 aromatic carbocycles. The molecule has 0 radical (unpaired) electrons. The molecule has 64 valence electrons. The zero-order valence-corrected chi connectivity index (χ0v) is 9.09. The number of halogens is 2. The van der Waals surface area contributed by atoms with E-state index in [1.54, 1.807) is 13.0 Å². The third-order valence-corrected chi connectivity index (χ3v) is 2.49. The first-order valence-corrected chi connectivity index (χ1v) is 4.58. The predicted molar refractivity (Wildman–Crippen MR) is 55.6 cm³/mol. The Bertz CT molecular complexity index is 340. The Labute approximate surface area is 88.0 Å². The number of hydrogen-bond donors (Lipinski definition) is 0. The van der Waals surface area contributed by atoms with Crippen LogP contribution >= 0.6 is 34.2 Å². The van der Waals surface area contributed by atoms with E-state index in [2.05, 4.69) is 0 Å². The lowest BCUT2D eigenvalue weighted by Crippen LogP contribution is -1.92. The van der Waals surface area contributed by atoms with Crippen molar-refractivity contribution in [3.8, 4) is 0 Å². The Balaban J connectivity index is 3.37. The number of rotatable bonds is 1. The number of nitro groups is 1. The molecule has 0 saturated carbocycles. The second-order valence-corrected chi connectivity index (χ2v) is 3.94. The molecule has 3 nitrogen and oxygen atoms in total. The largest absolute Gasteiger partial charge is 0.274 e. The second-order valence-electron chi connectivity index (χ2n) is 2.29. The summed E-state index contributed by atoms with van der Waals surface area (Å²) in [6, 6.07) is 3.20. The first-order chi connectivity index (χ1) is 5.52. The van der Waals surface area contributed by atoms with Crippen LogP contribution in [0.4, 0.5) is 5.69 Å². The van der Waals surface area contributed by atoms with Crippen molar-refractivity contribution in [3.63, 3.8) is 0 Å². The highest BCUT2D eigenvalue weighted by molar-refractivity contribution is 14.1. The maximum absolute atomic E-state index is 10.5. The van der Waals surface area contributed by atoms with Crippen LogP contribution in [0, 0.1) is 20.6 Å². The van der Waals surface area contributed by atoms with Gasteiger partial charge in [-0.1, -0.05) is 11.6 Å². The fraction of sp³-hybridized carbons (Fsp3) is 0.143. The van der Waals surface area contributed by atoms with Crippen LogP contribution < -0.4 is 0 Å². The van der Waals surface area contributed by atoms with Gasteiger partial charge in [-0.2, -0.15) is 0 Å². The smallest absolute Gasteiger partial charge is 0.258 e. The average molecular weight is 297 g/mol. The molecule has 0 spiro atoms. The minimum atomic E-state index is -0.427. The normalized spacial score (nSPS) is 9.92. The van der Waals surface area contributed by atoms with E-state index in [1.807, 2.05) is 22.6 Å². The summed E-state index contributed by atoms with van der Waals surface area (Å²) in [6.07, 6.45) is 0. The van der Waals surface area contributed by atoms with Crippen LogP contribution in [-0.2, 0) is 0 Å². The van der Waals surface area contributed by atoms with Crippen molar-refractivity contribution in [2.24, 2.45) is 0 Å². The molecule has 0 aromatic heterocycles. The van der Waals surface area contributed by atoms with Crippen molar-refractivity contribution in [2.45, 2.75) is 6.92 Å². The molecule has 0 fully saturated rings. The first kappa shape index (κ1) is 9.73. The zero-order chi connectivity index (χ0) is 9.30. The highest BCUT2D eigenvalue weighted by Crippen LogP contribution is 2.27. The molecular weight excluding hydrogens is 292 g/mol. The van der Waals surface area contributed by atoms with Gasteiger partial charge in [0.05, 0.1) is 9.95 Å². The SMILES string of the molecule is Cc1c(Cl)cc(I)cc1[N+](=O)[O-]. The van der Waals surface area contributed by atoms with Gasteiger partial charge in [-0.3, -0.25) is 10.1 Å². The summed E-state index contributed by atoms with van der Waals surface area (Å²) in [6.45, 7) is 1.64. The molecule has 0 aliphatic rings. The standard InChI is InChI=1S/C7H5ClINO2/c1-4-6(8)2-5(9)3-7(4)10(11)12/h2-3H,1H3. The maximum atomic E-state index is 10.5.